The zero-order valence-corrected chi connectivity index (χ0v) is 11.3. The maximum atomic E-state index is 11.2. The minimum atomic E-state index is 0.384. The van der Waals surface area contributed by atoms with Crippen molar-refractivity contribution in [1.82, 2.24) is 19.6 Å². The second-order valence-electron chi connectivity index (χ2n) is 4.59. The third-order valence-electron chi connectivity index (χ3n) is 2.64. The van der Waals surface area contributed by atoms with Gasteiger partial charge < -0.3 is 0 Å². The Bertz CT molecular complexity index is 571. The fraction of sp³-hybridized carbons (Fsp3) is 0.417. The molecular weight excluding hydrogens is 252 g/mol. The summed E-state index contributed by atoms with van der Waals surface area (Å²) < 4.78 is 3.34. The first-order valence-corrected chi connectivity index (χ1v) is 6.12. The number of aldehydes is 1. The fourth-order valence-corrected chi connectivity index (χ4v) is 2.06. The second kappa shape index (κ2) is 4.94. The highest BCUT2D eigenvalue weighted by molar-refractivity contribution is 6.32. The van der Waals surface area contributed by atoms with Crippen molar-refractivity contribution < 1.29 is 4.79 Å². The maximum absolute atomic E-state index is 11.2. The van der Waals surface area contributed by atoms with Gasteiger partial charge in [0.2, 0.25) is 0 Å². The van der Waals surface area contributed by atoms with E-state index in [1.165, 1.54) is 0 Å². The lowest BCUT2D eigenvalue weighted by Gasteiger charge is -2.05. The van der Waals surface area contributed by atoms with E-state index in [9.17, 15) is 4.79 Å². The molecule has 0 N–H and O–H groups in total. The highest BCUT2D eigenvalue weighted by atomic mass is 35.5. The Hall–Kier alpha value is -1.62. The molecular formula is C12H15ClN4O. The first-order valence-electron chi connectivity index (χ1n) is 5.74. The minimum Gasteiger partial charge on any atom is -0.298 e. The van der Waals surface area contributed by atoms with Crippen LogP contribution < -0.4 is 0 Å². The SMILES string of the molecule is CC(C)Cn1nc(-c2ccnn2C)c(C=O)c1Cl. The van der Waals surface area contributed by atoms with Crippen molar-refractivity contribution >= 4 is 17.9 Å². The van der Waals surface area contributed by atoms with Crippen LogP contribution in [0.25, 0.3) is 11.4 Å². The molecule has 0 saturated carbocycles. The van der Waals surface area contributed by atoms with Crippen LogP contribution in [0.4, 0.5) is 0 Å². The van der Waals surface area contributed by atoms with Crippen molar-refractivity contribution in [1.29, 1.82) is 0 Å². The molecule has 5 nitrogen and oxygen atoms in total. The van der Waals surface area contributed by atoms with Crippen molar-refractivity contribution in [3.63, 3.8) is 0 Å². The number of hydrogen-bond acceptors (Lipinski definition) is 3. The molecule has 2 heterocycles. The van der Waals surface area contributed by atoms with Gasteiger partial charge in [-0.1, -0.05) is 25.4 Å². The monoisotopic (exact) mass is 266 g/mol. The first kappa shape index (κ1) is 12.8. The van der Waals surface area contributed by atoms with E-state index in [1.54, 1.807) is 22.6 Å². The van der Waals surface area contributed by atoms with Gasteiger partial charge in [-0.25, -0.2) is 0 Å². The topological polar surface area (TPSA) is 52.7 Å². The molecule has 0 radical (unpaired) electrons. The molecule has 0 saturated heterocycles. The molecule has 0 amide bonds. The van der Waals surface area contributed by atoms with Crippen LogP contribution in [0.1, 0.15) is 24.2 Å². The normalized spacial score (nSPS) is 11.2. The molecule has 0 aliphatic rings. The second-order valence-corrected chi connectivity index (χ2v) is 4.94. The van der Waals surface area contributed by atoms with Crippen LogP contribution in [-0.4, -0.2) is 25.8 Å². The van der Waals surface area contributed by atoms with Crippen molar-refractivity contribution in [2.45, 2.75) is 20.4 Å². The van der Waals surface area contributed by atoms with Crippen LogP contribution in [0, 0.1) is 5.92 Å². The smallest absolute Gasteiger partial charge is 0.155 e. The quantitative estimate of drug-likeness (QED) is 0.799. The molecule has 0 aliphatic carbocycles. The third-order valence-corrected chi connectivity index (χ3v) is 3.04. The Labute approximate surface area is 110 Å². The molecule has 0 bridgehead atoms. The number of aromatic nitrogens is 4. The van der Waals surface area contributed by atoms with Crippen molar-refractivity contribution in [3.8, 4) is 11.4 Å². The Morgan fingerprint density at radius 3 is 2.72 bits per heavy atom. The number of aryl methyl sites for hydroxylation is 1. The average molecular weight is 267 g/mol. The van der Waals surface area contributed by atoms with Gasteiger partial charge in [0.05, 0.1) is 11.3 Å². The molecule has 2 aromatic heterocycles. The number of carbonyl (C=O) groups excluding carboxylic acids is 1. The number of halogens is 1. The van der Waals surface area contributed by atoms with Crippen LogP contribution in [0.15, 0.2) is 12.3 Å². The summed E-state index contributed by atoms with van der Waals surface area (Å²) in [4.78, 5) is 11.2. The molecule has 0 spiro atoms. The summed E-state index contributed by atoms with van der Waals surface area (Å²) in [5, 5.41) is 8.88. The van der Waals surface area contributed by atoms with Crippen molar-refractivity contribution in [2.24, 2.45) is 13.0 Å². The lowest BCUT2D eigenvalue weighted by atomic mass is 10.2. The van der Waals surface area contributed by atoms with Crippen LogP contribution in [0.3, 0.4) is 0 Å². The Morgan fingerprint density at radius 1 is 1.50 bits per heavy atom. The number of hydrogen-bond donors (Lipinski definition) is 0. The molecule has 0 atom stereocenters. The van der Waals surface area contributed by atoms with Crippen molar-refractivity contribution in [3.05, 3.63) is 23.0 Å². The lowest BCUT2D eigenvalue weighted by molar-refractivity contribution is 0.112. The van der Waals surface area contributed by atoms with Gasteiger partial charge in [-0.3, -0.25) is 14.2 Å². The predicted molar refractivity (Wildman–Crippen MR) is 69.7 cm³/mol. The molecule has 0 fully saturated rings. The van der Waals surface area contributed by atoms with Gasteiger partial charge in [-0.2, -0.15) is 10.2 Å². The molecule has 96 valence electrons. The standard InChI is InChI=1S/C12H15ClN4O/c1-8(2)6-17-12(13)9(7-18)11(15-17)10-4-5-14-16(10)3/h4-5,7-8H,6H2,1-3H3. The van der Waals surface area contributed by atoms with E-state index in [2.05, 4.69) is 24.0 Å². The predicted octanol–water partition coefficient (Wildman–Crippen LogP) is 2.41. The number of carbonyl (C=O) groups is 1. The van der Waals surface area contributed by atoms with E-state index >= 15 is 0 Å². The minimum absolute atomic E-state index is 0.384. The van der Waals surface area contributed by atoms with Gasteiger partial charge in [0.15, 0.2) is 6.29 Å². The Morgan fingerprint density at radius 2 is 2.22 bits per heavy atom. The average Bonchev–Trinajstić information content (AvgIpc) is 2.83. The van der Waals surface area contributed by atoms with Gasteiger partial charge in [-0.15, -0.1) is 0 Å². The summed E-state index contributed by atoms with van der Waals surface area (Å²) in [5.41, 5.74) is 1.78. The van der Waals surface area contributed by atoms with Crippen LogP contribution in [-0.2, 0) is 13.6 Å². The van der Waals surface area contributed by atoms with Crippen LogP contribution in [0.5, 0.6) is 0 Å². The molecule has 2 rings (SSSR count). The van der Waals surface area contributed by atoms with Gasteiger partial charge in [0.25, 0.3) is 0 Å². The fourth-order valence-electron chi connectivity index (χ4n) is 1.82. The van der Waals surface area contributed by atoms with Crippen molar-refractivity contribution in [2.75, 3.05) is 0 Å². The molecule has 6 heteroatoms. The van der Waals surface area contributed by atoms with Crippen LogP contribution in [0.2, 0.25) is 5.15 Å². The summed E-state index contributed by atoms with van der Waals surface area (Å²) >= 11 is 6.18. The summed E-state index contributed by atoms with van der Waals surface area (Å²) in [6, 6.07) is 1.81. The van der Waals surface area contributed by atoms with E-state index < -0.39 is 0 Å². The van der Waals surface area contributed by atoms with Gasteiger partial charge in [0, 0.05) is 19.8 Å². The van der Waals surface area contributed by atoms with E-state index in [1.807, 2.05) is 6.07 Å². The third kappa shape index (κ3) is 2.18. The molecule has 18 heavy (non-hydrogen) atoms. The Kier molecular flexibility index (Phi) is 3.52. The summed E-state index contributed by atoms with van der Waals surface area (Å²) in [7, 11) is 1.80. The lowest BCUT2D eigenvalue weighted by Crippen LogP contribution is -2.06. The van der Waals surface area contributed by atoms with E-state index in [-0.39, 0.29) is 0 Å². The largest absolute Gasteiger partial charge is 0.298 e. The van der Waals surface area contributed by atoms with E-state index in [0.717, 1.165) is 12.0 Å². The first-order chi connectivity index (χ1) is 8.54. The summed E-state index contributed by atoms with van der Waals surface area (Å²) in [6.45, 7) is 4.82. The zero-order valence-electron chi connectivity index (χ0n) is 10.6. The van der Waals surface area contributed by atoms with Gasteiger partial charge >= 0.3 is 0 Å². The summed E-state index contributed by atoms with van der Waals surface area (Å²) in [6.07, 6.45) is 2.41. The molecule has 0 aliphatic heterocycles. The highest BCUT2D eigenvalue weighted by Gasteiger charge is 2.19. The molecule has 0 aromatic carbocycles. The summed E-state index contributed by atoms with van der Waals surface area (Å²) in [5.74, 6) is 0.404. The Balaban J connectivity index is 2.54. The van der Waals surface area contributed by atoms with E-state index in [4.69, 9.17) is 11.6 Å². The number of nitrogens with zero attached hydrogens (tertiary/aromatic N) is 4. The van der Waals surface area contributed by atoms with Gasteiger partial charge in [-0.05, 0) is 12.0 Å². The highest BCUT2D eigenvalue weighted by Crippen LogP contribution is 2.27. The van der Waals surface area contributed by atoms with E-state index in [0.29, 0.717) is 28.9 Å². The van der Waals surface area contributed by atoms with Crippen LogP contribution >= 0.6 is 11.6 Å². The molecule has 0 unspecified atom stereocenters. The molecule has 2 aromatic rings. The number of rotatable bonds is 4. The van der Waals surface area contributed by atoms with Gasteiger partial charge in [0.1, 0.15) is 10.8 Å². The zero-order chi connectivity index (χ0) is 13.3. The maximum Gasteiger partial charge on any atom is 0.155 e.